The van der Waals surface area contributed by atoms with Crippen LogP contribution in [0.1, 0.15) is 28.3 Å². The van der Waals surface area contributed by atoms with Gasteiger partial charge in [0.15, 0.2) is 11.5 Å². The minimum absolute atomic E-state index is 0.105. The number of methoxy groups -OCH3 is 3. The van der Waals surface area contributed by atoms with Crippen molar-refractivity contribution in [2.24, 2.45) is 5.92 Å². The molecule has 0 radical (unpaired) electrons. The summed E-state index contributed by atoms with van der Waals surface area (Å²) in [6, 6.07) is 10.6. The summed E-state index contributed by atoms with van der Waals surface area (Å²) in [5, 5.41) is 2.99. The van der Waals surface area contributed by atoms with Crippen LogP contribution in [0.25, 0.3) is 0 Å². The number of carbonyl (C=O) groups excluding carboxylic acids is 2. The van der Waals surface area contributed by atoms with Gasteiger partial charge in [0.1, 0.15) is 11.5 Å². The van der Waals surface area contributed by atoms with E-state index in [4.69, 9.17) is 23.7 Å². The second-order valence-electron chi connectivity index (χ2n) is 8.24. The molecular weight excluding hydrogens is 440 g/mol. The summed E-state index contributed by atoms with van der Waals surface area (Å²) in [4.78, 5) is 28.3. The molecule has 0 unspecified atom stereocenters. The highest BCUT2D eigenvalue weighted by Gasteiger charge is 2.42. The molecule has 0 saturated carbocycles. The van der Waals surface area contributed by atoms with Crippen LogP contribution in [0.4, 0.5) is 0 Å². The monoisotopic (exact) mass is 470 g/mol. The van der Waals surface area contributed by atoms with Gasteiger partial charge in [-0.1, -0.05) is 0 Å². The maximum atomic E-state index is 13.4. The Balaban J connectivity index is 1.60. The van der Waals surface area contributed by atoms with Crippen molar-refractivity contribution in [3.05, 3.63) is 47.5 Å². The zero-order valence-corrected chi connectivity index (χ0v) is 19.7. The fourth-order valence-corrected chi connectivity index (χ4v) is 4.45. The molecule has 1 fully saturated rings. The number of rotatable bonds is 9. The number of fused-ring (bicyclic) bond motifs is 1. The van der Waals surface area contributed by atoms with E-state index in [1.807, 2.05) is 18.2 Å². The Hall–Kier alpha value is -3.46. The lowest BCUT2D eigenvalue weighted by Crippen LogP contribution is -2.36. The Morgan fingerprint density at radius 3 is 2.62 bits per heavy atom. The van der Waals surface area contributed by atoms with Crippen molar-refractivity contribution < 1.29 is 33.3 Å². The van der Waals surface area contributed by atoms with E-state index < -0.39 is 5.92 Å². The molecule has 2 aliphatic heterocycles. The minimum atomic E-state index is -0.443. The molecule has 0 spiro atoms. The zero-order valence-electron chi connectivity index (χ0n) is 19.7. The van der Waals surface area contributed by atoms with Crippen molar-refractivity contribution in [3.8, 4) is 23.0 Å². The summed E-state index contributed by atoms with van der Waals surface area (Å²) >= 11 is 0. The first-order valence-electron chi connectivity index (χ1n) is 11.2. The molecule has 1 saturated heterocycles. The van der Waals surface area contributed by atoms with E-state index in [-0.39, 0.29) is 31.1 Å². The van der Waals surface area contributed by atoms with E-state index in [2.05, 4.69) is 5.32 Å². The zero-order chi connectivity index (χ0) is 24.1. The van der Waals surface area contributed by atoms with Gasteiger partial charge in [0.2, 0.25) is 12.7 Å². The SMILES string of the molecule is COCCCNC(=O)[C@@H]1CN(C(=O)c2ccc3c(c2)OCO3)C[C@H]1c1cc(OC)ccc1OC. The molecule has 182 valence electrons. The summed E-state index contributed by atoms with van der Waals surface area (Å²) in [5.74, 6) is 1.50. The smallest absolute Gasteiger partial charge is 0.254 e. The van der Waals surface area contributed by atoms with E-state index in [1.165, 1.54) is 0 Å². The molecule has 1 N–H and O–H groups in total. The lowest BCUT2D eigenvalue weighted by atomic mass is 9.87. The minimum Gasteiger partial charge on any atom is -0.497 e. The van der Waals surface area contributed by atoms with E-state index in [0.717, 1.165) is 5.56 Å². The van der Waals surface area contributed by atoms with E-state index in [1.54, 1.807) is 44.4 Å². The highest BCUT2D eigenvalue weighted by Crippen LogP contribution is 2.40. The maximum absolute atomic E-state index is 13.4. The molecule has 2 aromatic carbocycles. The number of ether oxygens (including phenoxy) is 5. The van der Waals surface area contributed by atoms with Gasteiger partial charge in [0, 0.05) is 50.4 Å². The normalized spacial score (nSPS) is 18.6. The van der Waals surface area contributed by atoms with Gasteiger partial charge in [-0.2, -0.15) is 0 Å². The van der Waals surface area contributed by atoms with Gasteiger partial charge in [0.05, 0.1) is 20.1 Å². The van der Waals surface area contributed by atoms with Crippen LogP contribution in [0.15, 0.2) is 36.4 Å². The number of carbonyl (C=O) groups is 2. The van der Waals surface area contributed by atoms with Crippen LogP contribution in [0.5, 0.6) is 23.0 Å². The van der Waals surface area contributed by atoms with Crippen molar-refractivity contribution in [2.45, 2.75) is 12.3 Å². The fourth-order valence-electron chi connectivity index (χ4n) is 4.45. The number of hydrogen-bond acceptors (Lipinski definition) is 7. The molecule has 34 heavy (non-hydrogen) atoms. The van der Waals surface area contributed by atoms with Crippen LogP contribution in [-0.4, -0.2) is 71.1 Å². The highest BCUT2D eigenvalue weighted by molar-refractivity contribution is 5.96. The molecule has 2 atom stereocenters. The lowest BCUT2D eigenvalue weighted by molar-refractivity contribution is -0.125. The van der Waals surface area contributed by atoms with Crippen molar-refractivity contribution in [2.75, 3.05) is 54.4 Å². The van der Waals surface area contributed by atoms with Gasteiger partial charge >= 0.3 is 0 Å². The number of nitrogens with zero attached hydrogens (tertiary/aromatic N) is 1. The van der Waals surface area contributed by atoms with Crippen LogP contribution < -0.4 is 24.3 Å². The third kappa shape index (κ3) is 4.89. The first-order valence-corrected chi connectivity index (χ1v) is 11.2. The predicted octanol–water partition coefficient (Wildman–Crippen LogP) is 2.44. The summed E-state index contributed by atoms with van der Waals surface area (Å²) in [6.07, 6.45) is 0.710. The van der Waals surface area contributed by atoms with E-state index >= 15 is 0 Å². The average molecular weight is 471 g/mol. The molecule has 0 bridgehead atoms. The number of nitrogens with one attached hydrogen (secondary N) is 1. The average Bonchev–Trinajstić information content (AvgIpc) is 3.52. The van der Waals surface area contributed by atoms with E-state index in [9.17, 15) is 9.59 Å². The Morgan fingerprint density at radius 1 is 1.03 bits per heavy atom. The quantitative estimate of drug-likeness (QED) is 0.563. The first-order chi connectivity index (χ1) is 16.5. The maximum Gasteiger partial charge on any atom is 0.254 e. The number of benzene rings is 2. The lowest BCUT2D eigenvalue weighted by Gasteiger charge is -2.21. The highest BCUT2D eigenvalue weighted by atomic mass is 16.7. The van der Waals surface area contributed by atoms with Crippen LogP contribution in [0, 0.1) is 5.92 Å². The van der Waals surface area contributed by atoms with Gasteiger partial charge < -0.3 is 33.9 Å². The largest absolute Gasteiger partial charge is 0.497 e. The molecule has 0 aliphatic carbocycles. The van der Waals surface area contributed by atoms with E-state index in [0.29, 0.717) is 54.7 Å². The fraction of sp³-hybridized carbons (Fsp3) is 0.440. The van der Waals surface area contributed by atoms with Crippen molar-refractivity contribution in [1.29, 1.82) is 0 Å². The number of likely N-dealkylation sites (tertiary alicyclic amines) is 1. The molecule has 2 amide bonds. The van der Waals surface area contributed by atoms with Crippen LogP contribution >= 0.6 is 0 Å². The third-order valence-corrected chi connectivity index (χ3v) is 6.22. The van der Waals surface area contributed by atoms with Gasteiger partial charge in [-0.15, -0.1) is 0 Å². The second-order valence-corrected chi connectivity index (χ2v) is 8.24. The molecule has 9 heteroatoms. The van der Waals surface area contributed by atoms with Crippen LogP contribution in [0.2, 0.25) is 0 Å². The standard InChI is InChI=1S/C25H30N2O7/c1-30-10-4-9-26-24(28)20-14-27(25(29)16-5-7-22-23(11-16)34-15-33-22)13-19(20)18-12-17(31-2)6-8-21(18)32-3/h5-8,11-12,19-20H,4,9-10,13-15H2,1-3H3,(H,26,28)/t19-,20+/m0/s1. The van der Waals surface area contributed by atoms with Gasteiger partial charge in [0.25, 0.3) is 5.91 Å². The third-order valence-electron chi connectivity index (χ3n) is 6.22. The summed E-state index contributed by atoms with van der Waals surface area (Å²) in [5.41, 5.74) is 1.32. The summed E-state index contributed by atoms with van der Waals surface area (Å²) < 4.78 is 26.8. The Labute approximate surface area is 198 Å². The second kappa shape index (κ2) is 10.6. The number of amides is 2. The Kier molecular flexibility index (Phi) is 7.42. The van der Waals surface area contributed by atoms with Gasteiger partial charge in [-0.05, 0) is 42.8 Å². The molecule has 2 aromatic rings. The van der Waals surface area contributed by atoms with Crippen molar-refractivity contribution in [3.63, 3.8) is 0 Å². The first kappa shape index (κ1) is 23.7. The number of hydrogen-bond donors (Lipinski definition) is 1. The molecule has 4 rings (SSSR count). The Bertz CT molecular complexity index is 1040. The Morgan fingerprint density at radius 2 is 1.85 bits per heavy atom. The summed E-state index contributed by atoms with van der Waals surface area (Å²) in [7, 11) is 4.81. The van der Waals surface area contributed by atoms with Crippen molar-refractivity contribution >= 4 is 11.8 Å². The van der Waals surface area contributed by atoms with Crippen LogP contribution in [-0.2, 0) is 9.53 Å². The molecular formula is C25H30N2O7. The molecule has 0 aromatic heterocycles. The van der Waals surface area contributed by atoms with Gasteiger partial charge in [-0.3, -0.25) is 9.59 Å². The molecule has 9 nitrogen and oxygen atoms in total. The van der Waals surface area contributed by atoms with Crippen LogP contribution in [0.3, 0.4) is 0 Å². The van der Waals surface area contributed by atoms with Gasteiger partial charge in [-0.25, -0.2) is 0 Å². The predicted molar refractivity (Wildman–Crippen MR) is 124 cm³/mol. The molecule has 2 heterocycles. The molecule has 2 aliphatic rings. The topological polar surface area (TPSA) is 95.6 Å². The summed E-state index contributed by atoms with van der Waals surface area (Å²) in [6.45, 7) is 1.86. The van der Waals surface area contributed by atoms with Crippen molar-refractivity contribution in [1.82, 2.24) is 10.2 Å².